The van der Waals surface area contributed by atoms with Crippen molar-refractivity contribution < 1.29 is 12.8 Å². The van der Waals surface area contributed by atoms with Crippen LogP contribution in [0.5, 0.6) is 0 Å². The van der Waals surface area contributed by atoms with Crippen LogP contribution in [0.1, 0.15) is 18.5 Å². The molecule has 0 bridgehead atoms. The van der Waals surface area contributed by atoms with Gasteiger partial charge in [-0.15, -0.1) is 0 Å². The van der Waals surface area contributed by atoms with Gasteiger partial charge < -0.3 is 10.2 Å². The third-order valence-corrected chi connectivity index (χ3v) is 5.03. The number of aryl methyl sites for hydroxylation is 1. The molecule has 1 heterocycles. The van der Waals surface area contributed by atoms with E-state index in [1.54, 1.807) is 32.2 Å². The first-order valence-corrected chi connectivity index (χ1v) is 7.71. The van der Waals surface area contributed by atoms with Crippen LogP contribution in [-0.4, -0.2) is 24.5 Å². The van der Waals surface area contributed by atoms with Crippen molar-refractivity contribution in [3.8, 4) is 0 Å². The van der Waals surface area contributed by atoms with Gasteiger partial charge in [0.2, 0.25) is 0 Å². The highest BCUT2D eigenvalue weighted by Gasteiger charge is 2.24. The Balaban J connectivity index is 2.50. The number of nitrogens with two attached hydrogens (primary N) is 1. The first kappa shape index (κ1) is 13.8. The molecule has 0 aliphatic rings. The molecule has 0 radical (unpaired) electrons. The predicted octanol–water partition coefficient (Wildman–Crippen LogP) is 0.564. The fraction of sp³-hybridized carbons (Fsp3) is 0.417. The van der Waals surface area contributed by atoms with Crippen molar-refractivity contribution in [2.24, 2.45) is 12.8 Å². The van der Waals surface area contributed by atoms with Crippen molar-refractivity contribution in [1.82, 2.24) is 4.57 Å². The molecule has 2 N–H and O–H groups in total. The van der Waals surface area contributed by atoms with Crippen LogP contribution < -0.4 is 11.5 Å². The second kappa shape index (κ2) is 4.50. The topological polar surface area (TPSA) is 95.3 Å². The van der Waals surface area contributed by atoms with Gasteiger partial charge in [-0.05, 0) is 24.6 Å². The summed E-state index contributed by atoms with van der Waals surface area (Å²) < 4.78 is 29.5. The fourth-order valence-corrected chi connectivity index (χ4v) is 2.58. The van der Waals surface area contributed by atoms with E-state index < -0.39 is 26.9 Å². The zero-order valence-electron chi connectivity index (χ0n) is 11.0. The second-order valence-corrected chi connectivity index (χ2v) is 7.12. The number of sulfone groups is 1. The molecule has 104 valence electrons. The minimum Gasteiger partial charge on any atom is -0.408 e. The zero-order chi connectivity index (χ0) is 14.4. The molecule has 2 unspecified atom stereocenters. The van der Waals surface area contributed by atoms with E-state index >= 15 is 0 Å². The first-order chi connectivity index (χ1) is 8.71. The van der Waals surface area contributed by atoms with Crippen LogP contribution in [0.3, 0.4) is 0 Å². The summed E-state index contributed by atoms with van der Waals surface area (Å²) in [7, 11) is -1.62. The Morgan fingerprint density at radius 2 is 2.00 bits per heavy atom. The summed E-state index contributed by atoms with van der Waals surface area (Å²) in [5.74, 6) is -0.461. The van der Waals surface area contributed by atoms with Gasteiger partial charge in [0.1, 0.15) is 0 Å². The van der Waals surface area contributed by atoms with E-state index in [1.165, 1.54) is 4.57 Å². The van der Waals surface area contributed by atoms with Crippen molar-refractivity contribution in [2.45, 2.75) is 18.2 Å². The van der Waals surface area contributed by atoms with E-state index in [-0.39, 0.29) is 0 Å². The van der Waals surface area contributed by atoms with Crippen LogP contribution in [-0.2, 0) is 16.9 Å². The van der Waals surface area contributed by atoms with E-state index in [1.807, 2.05) is 0 Å². The van der Waals surface area contributed by atoms with Gasteiger partial charge in [0, 0.05) is 19.3 Å². The van der Waals surface area contributed by atoms with Crippen LogP contribution in [0, 0.1) is 0 Å². The lowest BCUT2D eigenvalue weighted by atomic mass is 10.0. The Labute approximate surface area is 110 Å². The Bertz CT molecular complexity index is 773. The highest BCUT2D eigenvalue weighted by Crippen LogP contribution is 2.23. The molecule has 2 atom stereocenters. The Hall–Kier alpha value is -1.60. The standard InChI is InChI=1S/C12H16N2O4S/c1-7(19(3,16)17)11(13)8-4-5-9-10(6-8)18-12(15)14(9)2/h4-7,11H,13H2,1-3H3. The molecule has 19 heavy (non-hydrogen) atoms. The maximum atomic E-state index is 11.5. The van der Waals surface area contributed by atoms with Gasteiger partial charge in [0.25, 0.3) is 0 Å². The number of benzene rings is 1. The highest BCUT2D eigenvalue weighted by atomic mass is 32.2. The minimum absolute atomic E-state index is 0.404. The zero-order valence-corrected chi connectivity index (χ0v) is 11.8. The summed E-state index contributed by atoms with van der Waals surface area (Å²) in [5.41, 5.74) is 7.63. The minimum atomic E-state index is -3.23. The van der Waals surface area contributed by atoms with Crippen molar-refractivity contribution in [3.63, 3.8) is 0 Å². The number of oxazole rings is 1. The second-order valence-electron chi connectivity index (χ2n) is 4.71. The molecule has 6 nitrogen and oxygen atoms in total. The number of aromatic nitrogens is 1. The summed E-state index contributed by atoms with van der Waals surface area (Å²) in [6, 6.07) is 4.36. The van der Waals surface area contributed by atoms with Crippen molar-refractivity contribution in [1.29, 1.82) is 0 Å². The van der Waals surface area contributed by atoms with E-state index in [0.29, 0.717) is 16.7 Å². The smallest absolute Gasteiger partial charge is 0.408 e. The Morgan fingerprint density at radius 3 is 2.58 bits per heavy atom. The van der Waals surface area contributed by atoms with Crippen LogP contribution >= 0.6 is 0 Å². The molecule has 0 spiro atoms. The molecular weight excluding hydrogens is 268 g/mol. The summed E-state index contributed by atoms with van der Waals surface area (Å²) in [4.78, 5) is 11.4. The SMILES string of the molecule is CC(C(N)c1ccc2c(c1)oc(=O)n2C)S(C)(=O)=O. The molecule has 0 amide bonds. The lowest BCUT2D eigenvalue weighted by Crippen LogP contribution is -2.30. The van der Waals surface area contributed by atoms with Gasteiger partial charge in [0.05, 0.1) is 10.8 Å². The van der Waals surface area contributed by atoms with Gasteiger partial charge in [-0.3, -0.25) is 4.57 Å². The third kappa shape index (κ3) is 2.43. The monoisotopic (exact) mass is 284 g/mol. The molecule has 0 aliphatic heterocycles. The molecule has 1 aromatic heterocycles. The summed E-state index contributed by atoms with van der Waals surface area (Å²) in [6.45, 7) is 1.56. The number of rotatable bonds is 3. The molecule has 7 heteroatoms. The summed E-state index contributed by atoms with van der Waals surface area (Å²) in [5, 5.41) is -0.708. The molecule has 0 fully saturated rings. The number of hydrogen-bond donors (Lipinski definition) is 1. The molecule has 0 saturated carbocycles. The lowest BCUT2D eigenvalue weighted by Gasteiger charge is -2.18. The largest absolute Gasteiger partial charge is 0.419 e. The van der Waals surface area contributed by atoms with Gasteiger partial charge in [0.15, 0.2) is 15.4 Å². The lowest BCUT2D eigenvalue weighted by molar-refractivity contribution is 0.527. The van der Waals surface area contributed by atoms with Gasteiger partial charge in [-0.2, -0.15) is 0 Å². The van der Waals surface area contributed by atoms with Crippen LogP contribution in [0.25, 0.3) is 11.1 Å². The maximum Gasteiger partial charge on any atom is 0.419 e. The van der Waals surface area contributed by atoms with Gasteiger partial charge >= 0.3 is 5.76 Å². The molecule has 0 saturated heterocycles. The van der Waals surface area contributed by atoms with Crippen LogP contribution in [0.4, 0.5) is 0 Å². The summed E-state index contributed by atoms with van der Waals surface area (Å²) in [6.07, 6.45) is 1.15. The number of nitrogens with zero attached hydrogens (tertiary/aromatic N) is 1. The molecule has 1 aromatic carbocycles. The third-order valence-electron chi connectivity index (χ3n) is 3.38. The molecular formula is C12H16N2O4S. The number of fused-ring (bicyclic) bond motifs is 1. The van der Waals surface area contributed by atoms with Crippen LogP contribution in [0.15, 0.2) is 27.4 Å². The van der Waals surface area contributed by atoms with Crippen molar-refractivity contribution in [3.05, 3.63) is 34.3 Å². The summed E-state index contributed by atoms with van der Waals surface area (Å²) >= 11 is 0. The van der Waals surface area contributed by atoms with E-state index in [4.69, 9.17) is 10.2 Å². The Morgan fingerprint density at radius 1 is 1.37 bits per heavy atom. The van der Waals surface area contributed by atoms with E-state index in [0.717, 1.165) is 6.26 Å². The van der Waals surface area contributed by atoms with Crippen LogP contribution in [0.2, 0.25) is 0 Å². The first-order valence-electron chi connectivity index (χ1n) is 5.75. The Kier molecular flexibility index (Phi) is 3.27. The molecule has 2 aromatic rings. The van der Waals surface area contributed by atoms with Crippen molar-refractivity contribution >= 4 is 20.9 Å². The molecule has 2 rings (SSSR count). The van der Waals surface area contributed by atoms with Gasteiger partial charge in [-0.1, -0.05) is 6.07 Å². The molecule has 0 aliphatic carbocycles. The average Bonchev–Trinajstić information content (AvgIpc) is 2.61. The fourth-order valence-electron chi connectivity index (χ4n) is 1.90. The number of hydrogen-bond acceptors (Lipinski definition) is 5. The van der Waals surface area contributed by atoms with E-state index in [2.05, 4.69) is 0 Å². The van der Waals surface area contributed by atoms with Gasteiger partial charge in [-0.25, -0.2) is 13.2 Å². The van der Waals surface area contributed by atoms with E-state index in [9.17, 15) is 13.2 Å². The predicted molar refractivity (Wildman–Crippen MR) is 72.7 cm³/mol. The highest BCUT2D eigenvalue weighted by molar-refractivity contribution is 7.91. The quantitative estimate of drug-likeness (QED) is 0.888. The van der Waals surface area contributed by atoms with Crippen molar-refractivity contribution in [2.75, 3.05) is 6.26 Å². The average molecular weight is 284 g/mol. The normalized spacial score (nSPS) is 15.6. The maximum absolute atomic E-state index is 11.5.